The van der Waals surface area contributed by atoms with Gasteiger partial charge in [0.15, 0.2) is 5.69 Å². The van der Waals surface area contributed by atoms with Gasteiger partial charge in [-0.05, 0) is 18.2 Å². The van der Waals surface area contributed by atoms with Gasteiger partial charge in [0.2, 0.25) is 5.88 Å². The average Bonchev–Trinajstić information content (AvgIpc) is 3.13. The molecule has 9 heteroatoms. The van der Waals surface area contributed by atoms with Crippen LogP contribution in [0.2, 0.25) is 0 Å². The molecule has 1 aromatic carbocycles. The standard InChI is InChI=1S/C18H19F2N3O4/c1-26-17(25)14-9-11(10-21-14)27-16-15(18(19,20)7-4-8-24)22-12-5-2-3-6-13(12)23-16/h2-7,11,14,21,24H,8-10H2,1H3/b7-4+/t11-,14-/m0/s1. The number of nitrogens with zero attached hydrogens (tertiary/aromatic N) is 2. The summed E-state index contributed by atoms with van der Waals surface area (Å²) in [5.74, 6) is -4.23. The molecule has 3 rings (SSSR count). The van der Waals surface area contributed by atoms with Crippen LogP contribution in [0.3, 0.4) is 0 Å². The van der Waals surface area contributed by atoms with Crippen LogP contribution in [0, 0.1) is 0 Å². The molecule has 2 aromatic rings. The van der Waals surface area contributed by atoms with E-state index in [9.17, 15) is 13.6 Å². The summed E-state index contributed by atoms with van der Waals surface area (Å²) in [6, 6.07) is 6.04. The van der Waals surface area contributed by atoms with Crippen molar-refractivity contribution >= 4 is 17.0 Å². The van der Waals surface area contributed by atoms with Crippen LogP contribution in [0.5, 0.6) is 5.88 Å². The first-order chi connectivity index (χ1) is 12.9. The number of ether oxygens (including phenoxy) is 2. The summed E-state index contributed by atoms with van der Waals surface area (Å²) in [5.41, 5.74) is 0.0648. The molecular formula is C18H19F2N3O4. The predicted octanol–water partition coefficient (Wildman–Crippen LogP) is 1.55. The minimum absolute atomic E-state index is 0.263. The van der Waals surface area contributed by atoms with E-state index in [1.54, 1.807) is 24.3 Å². The number of carbonyl (C=O) groups excluding carboxylic acids is 1. The Hall–Kier alpha value is -2.65. The average molecular weight is 379 g/mol. The minimum atomic E-state index is -3.48. The molecule has 0 spiro atoms. The Bertz CT molecular complexity index is 860. The molecule has 2 heterocycles. The molecule has 1 aromatic heterocycles. The van der Waals surface area contributed by atoms with Crippen molar-refractivity contribution < 1.29 is 28.2 Å². The number of aromatic nitrogens is 2. The lowest BCUT2D eigenvalue weighted by molar-refractivity contribution is -0.142. The number of hydrogen-bond acceptors (Lipinski definition) is 7. The third-order valence-electron chi connectivity index (χ3n) is 4.14. The zero-order valence-corrected chi connectivity index (χ0v) is 14.6. The number of hydrogen-bond donors (Lipinski definition) is 2. The van der Waals surface area contributed by atoms with Crippen molar-refractivity contribution in [3.05, 3.63) is 42.1 Å². The molecule has 144 valence electrons. The van der Waals surface area contributed by atoms with Gasteiger partial charge in [-0.2, -0.15) is 8.78 Å². The number of rotatable bonds is 6. The zero-order valence-electron chi connectivity index (χ0n) is 14.6. The number of aliphatic hydroxyl groups is 1. The monoisotopic (exact) mass is 379 g/mol. The van der Waals surface area contributed by atoms with Crippen LogP contribution in [0.4, 0.5) is 8.78 Å². The maximum atomic E-state index is 14.6. The van der Waals surface area contributed by atoms with E-state index in [4.69, 9.17) is 9.84 Å². The zero-order chi connectivity index (χ0) is 19.4. The number of alkyl halides is 2. The second-order valence-electron chi connectivity index (χ2n) is 6.03. The summed E-state index contributed by atoms with van der Waals surface area (Å²) >= 11 is 0. The van der Waals surface area contributed by atoms with Gasteiger partial charge in [-0.3, -0.25) is 4.79 Å². The maximum Gasteiger partial charge on any atom is 0.323 e. The largest absolute Gasteiger partial charge is 0.471 e. The summed E-state index contributed by atoms with van der Waals surface area (Å²) in [6.07, 6.45) is 1.22. The van der Waals surface area contributed by atoms with Crippen LogP contribution >= 0.6 is 0 Å². The van der Waals surface area contributed by atoms with E-state index in [-0.39, 0.29) is 18.8 Å². The first kappa shape index (κ1) is 19.1. The molecule has 1 fully saturated rings. The van der Waals surface area contributed by atoms with E-state index in [0.717, 1.165) is 6.08 Å². The Balaban J connectivity index is 1.94. The summed E-state index contributed by atoms with van der Waals surface area (Å²) in [7, 11) is 1.28. The van der Waals surface area contributed by atoms with E-state index in [2.05, 4.69) is 20.0 Å². The Kier molecular flexibility index (Phi) is 5.62. The highest BCUT2D eigenvalue weighted by atomic mass is 19.3. The third kappa shape index (κ3) is 4.20. The summed E-state index contributed by atoms with van der Waals surface area (Å²) in [5, 5.41) is 11.7. The molecule has 27 heavy (non-hydrogen) atoms. The summed E-state index contributed by atoms with van der Waals surface area (Å²) < 4.78 is 39.5. The van der Waals surface area contributed by atoms with E-state index >= 15 is 0 Å². The number of methoxy groups -OCH3 is 1. The van der Waals surface area contributed by atoms with Gasteiger partial charge in [-0.25, -0.2) is 9.97 Å². The SMILES string of the molecule is COC(=O)[C@@H]1C[C@H](Oc2nc3ccccc3nc2C(F)(F)/C=C/CO)CN1. The van der Waals surface area contributed by atoms with E-state index in [1.807, 2.05) is 0 Å². The lowest BCUT2D eigenvalue weighted by atomic mass is 10.2. The molecule has 2 atom stereocenters. The molecule has 0 bridgehead atoms. The van der Waals surface area contributed by atoms with Gasteiger partial charge in [0.25, 0.3) is 0 Å². The second-order valence-corrected chi connectivity index (χ2v) is 6.03. The lowest BCUT2D eigenvalue weighted by Crippen LogP contribution is -2.31. The van der Waals surface area contributed by atoms with Gasteiger partial charge < -0.3 is 19.9 Å². The molecule has 2 N–H and O–H groups in total. The molecular weight excluding hydrogens is 360 g/mol. The van der Waals surface area contributed by atoms with Crippen molar-refractivity contribution in [2.24, 2.45) is 0 Å². The van der Waals surface area contributed by atoms with Crippen LogP contribution in [0.25, 0.3) is 11.0 Å². The number of halogens is 2. The fraction of sp³-hybridized carbons (Fsp3) is 0.389. The molecule has 7 nitrogen and oxygen atoms in total. The fourth-order valence-corrected chi connectivity index (χ4v) is 2.84. The smallest absolute Gasteiger partial charge is 0.323 e. The van der Waals surface area contributed by atoms with Crippen molar-refractivity contribution in [1.29, 1.82) is 0 Å². The first-order valence-electron chi connectivity index (χ1n) is 8.36. The first-order valence-corrected chi connectivity index (χ1v) is 8.36. The highest BCUT2D eigenvalue weighted by molar-refractivity contribution is 5.76. The van der Waals surface area contributed by atoms with Gasteiger partial charge in [0.1, 0.15) is 12.1 Å². The van der Waals surface area contributed by atoms with Gasteiger partial charge in [-0.1, -0.05) is 18.2 Å². The highest BCUT2D eigenvalue weighted by Gasteiger charge is 2.38. The number of allylic oxidation sites excluding steroid dienone is 1. The number of nitrogens with one attached hydrogen (secondary N) is 1. The maximum absolute atomic E-state index is 14.6. The Morgan fingerprint density at radius 3 is 2.74 bits per heavy atom. The normalized spacial score (nSPS) is 20.3. The van der Waals surface area contributed by atoms with Crippen LogP contribution in [0.1, 0.15) is 12.1 Å². The van der Waals surface area contributed by atoms with Crippen LogP contribution in [-0.4, -0.2) is 53.5 Å². The summed E-state index contributed by atoms with van der Waals surface area (Å²) in [4.78, 5) is 19.8. The van der Waals surface area contributed by atoms with Crippen LogP contribution in [0.15, 0.2) is 36.4 Å². The molecule has 1 saturated heterocycles. The second kappa shape index (κ2) is 7.93. The van der Waals surface area contributed by atoms with Gasteiger partial charge in [-0.15, -0.1) is 0 Å². The van der Waals surface area contributed by atoms with Crippen LogP contribution in [-0.2, 0) is 15.5 Å². The Morgan fingerprint density at radius 1 is 1.37 bits per heavy atom. The third-order valence-corrected chi connectivity index (χ3v) is 4.14. The predicted molar refractivity (Wildman–Crippen MR) is 92.5 cm³/mol. The molecule has 0 saturated carbocycles. The highest BCUT2D eigenvalue weighted by Crippen LogP contribution is 2.35. The van der Waals surface area contributed by atoms with Crippen molar-refractivity contribution in [2.75, 3.05) is 20.3 Å². The molecule has 0 unspecified atom stereocenters. The van der Waals surface area contributed by atoms with Gasteiger partial charge in [0.05, 0.1) is 24.8 Å². The number of carbonyl (C=O) groups is 1. The number of fused-ring (bicyclic) bond motifs is 1. The summed E-state index contributed by atoms with van der Waals surface area (Å²) in [6.45, 7) is -0.244. The number of esters is 1. The van der Waals surface area contributed by atoms with Crippen LogP contribution < -0.4 is 10.1 Å². The number of aliphatic hydroxyl groups excluding tert-OH is 1. The van der Waals surface area contributed by atoms with Crippen molar-refractivity contribution in [2.45, 2.75) is 24.5 Å². The minimum Gasteiger partial charge on any atom is -0.471 e. The molecule has 0 amide bonds. The van der Waals surface area contributed by atoms with Gasteiger partial charge in [0, 0.05) is 13.0 Å². The van der Waals surface area contributed by atoms with Crippen molar-refractivity contribution in [3.63, 3.8) is 0 Å². The topological polar surface area (TPSA) is 93.6 Å². The van der Waals surface area contributed by atoms with Gasteiger partial charge >= 0.3 is 11.9 Å². The Morgan fingerprint density at radius 2 is 2.07 bits per heavy atom. The quantitative estimate of drug-likeness (QED) is 0.581. The number of para-hydroxylation sites is 2. The van der Waals surface area contributed by atoms with Crippen molar-refractivity contribution in [1.82, 2.24) is 15.3 Å². The van der Waals surface area contributed by atoms with E-state index in [1.165, 1.54) is 7.11 Å². The molecule has 0 aliphatic carbocycles. The fourth-order valence-electron chi connectivity index (χ4n) is 2.84. The number of benzene rings is 1. The van der Waals surface area contributed by atoms with E-state index < -0.39 is 36.3 Å². The van der Waals surface area contributed by atoms with Crippen molar-refractivity contribution in [3.8, 4) is 5.88 Å². The molecule has 1 aliphatic heterocycles. The molecule has 0 radical (unpaired) electrons. The van der Waals surface area contributed by atoms with E-state index in [0.29, 0.717) is 17.1 Å². The lowest BCUT2D eigenvalue weighted by Gasteiger charge is -2.19. The Labute approximate surface area is 154 Å². The molecule has 1 aliphatic rings.